The van der Waals surface area contributed by atoms with E-state index >= 15 is 0 Å². The van der Waals surface area contributed by atoms with E-state index in [0.717, 1.165) is 16.7 Å². The number of rotatable bonds is 23. The van der Waals surface area contributed by atoms with E-state index in [1.807, 2.05) is 26.6 Å². The maximum absolute atomic E-state index is 14.2. The molecule has 6 amide bonds. The van der Waals surface area contributed by atoms with Crippen LogP contribution in [0.1, 0.15) is 17.2 Å². The topological polar surface area (TPSA) is 575 Å². The van der Waals surface area contributed by atoms with E-state index < -0.39 is 135 Å². The third-order valence-electron chi connectivity index (χ3n) is 9.26. The molecule has 3 aromatic rings. The minimum absolute atomic E-state index is 0.0150. The van der Waals surface area contributed by atoms with Gasteiger partial charge in [0, 0.05) is 26.3 Å². The molecule has 34 heteroatoms. The molecule has 34 nitrogen and oxygen atoms in total. The molecule has 0 aliphatic carbocycles. The Labute approximate surface area is 400 Å². The molecule has 26 N–H and O–H groups in total. The van der Waals surface area contributed by atoms with Crippen LogP contribution in [0.4, 0.5) is 28.4 Å². The molecular formula is C37H51N23O11. The number of hydrogen-bond donors (Lipinski definition) is 20. The molecule has 0 saturated carbocycles. The monoisotopic (exact) mass is 993 g/mol. The molecular weight excluding hydrogens is 943 g/mol. The number of carbonyl (C=O) groups excluding carboxylic acids is 6. The third kappa shape index (κ3) is 15.9. The highest BCUT2D eigenvalue weighted by Gasteiger charge is 2.37. The van der Waals surface area contributed by atoms with Crippen molar-refractivity contribution >= 4 is 87.7 Å². The molecule has 0 aromatic heterocycles. The summed E-state index contributed by atoms with van der Waals surface area (Å²) in [5.41, 5.74) is 30.8. The number of aliphatic hydroxyl groups is 1. The smallest absolute Gasteiger partial charge is 0.299 e. The number of guanidine groups is 4. The van der Waals surface area contributed by atoms with E-state index in [1.165, 1.54) is 30.3 Å². The third-order valence-corrected chi connectivity index (χ3v) is 9.26. The number of benzene rings is 3. The van der Waals surface area contributed by atoms with Crippen LogP contribution in [0.15, 0.2) is 66.7 Å². The first kappa shape index (κ1) is 55.1. The van der Waals surface area contributed by atoms with Crippen LogP contribution in [0.2, 0.25) is 0 Å². The van der Waals surface area contributed by atoms with Crippen LogP contribution in [-0.2, 0) is 35.3 Å². The lowest BCUT2D eigenvalue weighted by molar-refractivity contribution is -0.393. The fourth-order valence-corrected chi connectivity index (χ4v) is 6.02. The summed E-state index contributed by atoms with van der Waals surface area (Å²) in [6.07, 6.45) is -10.7. The molecule has 0 heterocycles. The molecule has 71 heavy (non-hydrogen) atoms. The Hall–Kier alpha value is -10.3. The summed E-state index contributed by atoms with van der Waals surface area (Å²) in [5, 5.41) is 84.9. The molecule has 6 atom stereocenters. The fraction of sp³-hybridized carbons (Fsp3) is 0.243. The average Bonchev–Trinajstić information content (AvgIpc) is 3.28. The zero-order valence-corrected chi connectivity index (χ0v) is 37.3. The number of aliphatic hydroxyl groups excluding tert-OH is 1. The van der Waals surface area contributed by atoms with Gasteiger partial charge in [-0.25, -0.2) is 0 Å². The van der Waals surface area contributed by atoms with Crippen molar-refractivity contribution in [2.24, 2.45) is 28.7 Å². The van der Waals surface area contributed by atoms with Gasteiger partial charge in [-0.15, -0.1) is 0 Å². The number of amides is 6. The molecule has 0 radical (unpaired) electrons. The maximum Gasteiger partial charge on any atom is 0.299 e. The van der Waals surface area contributed by atoms with Crippen LogP contribution in [0, 0.1) is 41.9 Å². The molecule has 0 fully saturated rings. The van der Waals surface area contributed by atoms with E-state index in [1.54, 1.807) is 43.3 Å². The van der Waals surface area contributed by atoms with Gasteiger partial charge in [-0.1, -0.05) is 42.5 Å². The first-order valence-corrected chi connectivity index (χ1v) is 19.9. The molecule has 0 bridgehead atoms. The van der Waals surface area contributed by atoms with Crippen molar-refractivity contribution in [3.63, 3.8) is 0 Å². The van der Waals surface area contributed by atoms with Gasteiger partial charge in [-0.2, -0.15) is 0 Å². The lowest BCUT2D eigenvalue weighted by Crippen LogP contribution is -2.68. The predicted molar refractivity (Wildman–Crippen MR) is 252 cm³/mol. The Balaban J connectivity index is 2.02. The zero-order chi connectivity index (χ0) is 53.4. The predicted octanol–water partition coefficient (Wildman–Crippen LogP) is -6.48. The Kier molecular flexibility index (Phi) is 19.0. The van der Waals surface area contributed by atoms with E-state index in [-0.39, 0.29) is 5.56 Å². The summed E-state index contributed by atoms with van der Waals surface area (Å²) in [4.78, 5) is 105. The minimum Gasteiger partial charge on any atom is -0.393 e. The van der Waals surface area contributed by atoms with Crippen LogP contribution in [0.5, 0.6) is 0 Å². The number of nitrogens with zero attached hydrogens (tertiary/aromatic N) is 4. The summed E-state index contributed by atoms with van der Waals surface area (Å²) in [6.45, 7) is -0.475. The number of hydrogen-bond acceptors (Lipinski definition) is 18. The number of carbonyl (C=O) groups is 6. The molecule has 0 aliphatic rings. The van der Waals surface area contributed by atoms with E-state index in [4.69, 9.17) is 56.0 Å². The quantitative estimate of drug-likeness (QED) is 0.0105. The Bertz CT molecular complexity index is 2560. The second-order valence-corrected chi connectivity index (χ2v) is 14.7. The normalized spacial score (nSPS) is 13.0. The molecule has 3 rings (SSSR count). The molecule has 3 aromatic carbocycles. The standard InChI is InChI=1S/C37H51N23O11/c1-57(2)17-10-8-15(9-11-17)14-58(20-12-18(38)19(59(68)69)13-21(20)60(70)71)33(67)32(66)48-22(16-6-4-3-5-7-16)28(62)50-25(54-35(42)43)30(64)52-27(56-37(46)47)31(65)51-26(55-36(44)45)29(63)49-24(23(39)61)53-34(40)41/h3-13,22,24-27,33,67H,14,38H2,1-2H3,(H2,39,61)(H,48,66)(H,49,63)(H,50,62)(H,51,65)(H,52,64)(H4,40,41,53)(H4,42,43,54)(H4,44,45,55)(H4,46,47,56). The van der Waals surface area contributed by atoms with Gasteiger partial charge in [0.15, 0.2) is 48.5 Å². The first-order valence-electron chi connectivity index (χ1n) is 19.9. The van der Waals surface area contributed by atoms with Crippen LogP contribution in [0.25, 0.3) is 0 Å². The van der Waals surface area contributed by atoms with Gasteiger partial charge in [0.1, 0.15) is 17.4 Å². The number of nitro groups is 2. The maximum atomic E-state index is 14.2. The second kappa shape index (κ2) is 24.5. The average molecular weight is 994 g/mol. The van der Waals surface area contributed by atoms with Gasteiger partial charge in [0.2, 0.25) is 12.1 Å². The van der Waals surface area contributed by atoms with Crippen LogP contribution in [0.3, 0.4) is 0 Å². The molecule has 6 unspecified atom stereocenters. The fourth-order valence-electron chi connectivity index (χ4n) is 6.02. The highest BCUT2D eigenvalue weighted by molar-refractivity contribution is 6.00. The summed E-state index contributed by atoms with van der Waals surface area (Å²) >= 11 is 0. The van der Waals surface area contributed by atoms with Crippen molar-refractivity contribution in [2.75, 3.05) is 29.6 Å². The van der Waals surface area contributed by atoms with Crippen LogP contribution in [-0.4, -0.2) is 119 Å². The molecule has 0 spiro atoms. The number of anilines is 3. The van der Waals surface area contributed by atoms with Crippen molar-refractivity contribution < 1.29 is 43.7 Å². The number of nitrogen functional groups attached to an aromatic ring is 1. The Morgan fingerprint density at radius 2 is 1.01 bits per heavy atom. The first-order chi connectivity index (χ1) is 33.2. The van der Waals surface area contributed by atoms with Gasteiger partial charge in [-0.3, -0.25) is 70.6 Å². The van der Waals surface area contributed by atoms with Crippen molar-refractivity contribution in [1.29, 1.82) is 21.6 Å². The molecule has 0 saturated heterocycles. The zero-order valence-electron chi connectivity index (χ0n) is 37.3. The van der Waals surface area contributed by atoms with Crippen molar-refractivity contribution in [3.8, 4) is 0 Å². The Morgan fingerprint density at radius 1 is 0.592 bits per heavy atom. The van der Waals surface area contributed by atoms with Gasteiger partial charge >= 0.3 is 0 Å². The lowest BCUT2D eigenvalue weighted by Gasteiger charge is -2.31. The lowest BCUT2D eigenvalue weighted by atomic mass is 10.1. The van der Waals surface area contributed by atoms with Crippen molar-refractivity contribution in [1.82, 2.24) is 47.9 Å². The Morgan fingerprint density at radius 3 is 1.42 bits per heavy atom. The molecule has 0 aliphatic heterocycles. The summed E-state index contributed by atoms with van der Waals surface area (Å²) in [6, 6.07) is 13.0. The highest BCUT2D eigenvalue weighted by Crippen LogP contribution is 2.38. The van der Waals surface area contributed by atoms with Crippen molar-refractivity contribution in [3.05, 3.63) is 98.1 Å². The number of nitrogens with one attached hydrogen (secondary N) is 13. The van der Waals surface area contributed by atoms with Gasteiger partial charge < -0.3 is 97.2 Å². The van der Waals surface area contributed by atoms with E-state index in [9.17, 15) is 54.1 Å². The van der Waals surface area contributed by atoms with Gasteiger partial charge in [0.05, 0.1) is 15.9 Å². The SMILES string of the molecule is CN(C)c1ccc(CN(c2cc(N)c([N+](=O)[O-])cc2[N+](=O)[O-])C(O)C(=O)NC(C(=O)NC(NC(=N)N)C(=O)NC(NC(=N)N)C(=O)NC(NC(=N)N)C(=O)NC(NC(=N)N)C(N)=O)c2ccccc2)cc1. The number of primary amides is 1. The number of nitro benzene ring substituents is 2. The van der Waals surface area contributed by atoms with Crippen LogP contribution >= 0.6 is 0 Å². The largest absolute Gasteiger partial charge is 0.393 e. The van der Waals surface area contributed by atoms with Gasteiger partial charge in [-0.05, 0) is 29.3 Å². The second-order valence-electron chi connectivity index (χ2n) is 14.7. The van der Waals surface area contributed by atoms with E-state index in [0.29, 0.717) is 11.6 Å². The summed E-state index contributed by atoms with van der Waals surface area (Å²) < 4.78 is 0. The number of nitrogens with two attached hydrogens (primary N) is 6. The molecule has 380 valence electrons. The summed E-state index contributed by atoms with van der Waals surface area (Å²) in [5.74, 6) is -11.8. The highest BCUT2D eigenvalue weighted by atomic mass is 16.6. The van der Waals surface area contributed by atoms with Crippen molar-refractivity contribution in [2.45, 2.75) is 43.5 Å². The van der Waals surface area contributed by atoms with Gasteiger partial charge in [0.25, 0.3) is 40.9 Å². The van der Waals surface area contributed by atoms with Crippen LogP contribution < -0.4 is 92.1 Å². The minimum atomic E-state index is -2.44. The van der Waals surface area contributed by atoms with E-state index in [2.05, 4.69) is 21.3 Å². The summed E-state index contributed by atoms with van der Waals surface area (Å²) in [7, 11) is 3.51.